The molecule has 1 aliphatic carbocycles. The predicted molar refractivity (Wildman–Crippen MR) is 82.6 cm³/mol. The van der Waals surface area contributed by atoms with Crippen molar-refractivity contribution in [3.8, 4) is 0 Å². The summed E-state index contributed by atoms with van der Waals surface area (Å²) in [6.07, 6.45) is 1.64. The van der Waals surface area contributed by atoms with E-state index < -0.39 is 11.4 Å². The molecule has 2 aromatic rings. The number of carbonyl (C=O) groups is 2. The zero-order valence-corrected chi connectivity index (χ0v) is 13.2. The number of carboxylic acid groups (broad SMARTS) is 1. The van der Waals surface area contributed by atoms with Gasteiger partial charge in [-0.15, -0.1) is 0 Å². The molecule has 0 saturated heterocycles. The minimum absolute atomic E-state index is 0.0527. The minimum atomic E-state index is -1.12. The normalized spacial score (nSPS) is 15.3. The van der Waals surface area contributed by atoms with Crippen LogP contribution in [0.2, 0.25) is 0 Å². The molecule has 1 heterocycles. The number of benzene rings is 1. The van der Waals surface area contributed by atoms with E-state index >= 15 is 0 Å². The molecule has 1 aliphatic rings. The summed E-state index contributed by atoms with van der Waals surface area (Å²) in [4.78, 5) is 23.2. The predicted octanol–water partition coefficient (Wildman–Crippen LogP) is 3.09. The molecule has 1 aromatic carbocycles. The molecule has 0 bridgehead atoms. The molecule has 0 atom stereocenters. The number of nitrogens with one attached hydrogen (secondary N) is 1. The molecule has 1 saturated carbocycles. The van der Waals surface area contributed by atoms with E-state index in [4.69, 9.17) is 9.52 Å². The smallest absolute Gasteiger partial charge is 0.371 e. The number of hydrogen-bond donors (Lipinski definition) is 2. The third kappa shape index (κ3) is 2.78. The highest BCUT2D eigenvalue weighted by molar-refractivity contribution is 9.10. The first-order valence-corrected chi connectivity index (χ1v) is 7.67. The molecule has 0 unspecified atom stereocenters. The van der Waals surface area contributed by atoms with Crippen LogP contribution in [0.5, 0.6) is 0 Å². The van der Waals surface area contributed by atoms with Crippen LogP contribution in [-0.4, -0.2) is 17.0 Å². The lowest BCUT2D eigenvalue weighted by Gasteiger charge is -2.15. The molecule has 1 amide bonds. The second kappa shape index (κ2) is 5.61. The highest BCUT2D eigenvalue weighted by atomic mass is 79.9. The third-order valence-corrected chi connectivity index (χ3v) is 4.41. The Hall–Kier alpha value is -2.08. The molecule has 5 nitrogen and oxygen atoms in total. The van der Waals surface area contributed by atoms with Crippen LogP contribution < -0.4 is 5.32 Å². The molecule has 114 valence electrons. The van der Waals surface area contributed by atoms with Crippen molar-refractivity contribution in [1.82, 2.24) is 5.32 Å². The number of carbonyl (C=O) groups excluding carboxylic acids is 1. The molecule has 3 rings (SSSR count). The molecule has 0 spiro atoms. The maximum atomic E-state index is 12.4. The van der Waals surface area contributed by atoms with Crippen LogP contribution in [0.25, 0.3) is 0 Å². The maximum Gasteiger partial charge on any atom is 0.371 e. The minimum Gasteiger partial charge on any atom is -0.475 e. The fraction of sp³-hybridized carbons (Fsp3) is 0.250. The quantitative estimate of drug-likeness (QED) is 0.855. The number of carboxylic acids is 1. The molecule has 2 N–H and O–H groups in total. The lowest BCUT2D eigenvalue weighted by molar-refractivity contribution is -0.123. The lowest BCUT2D eigenvalue weighted by Crippen LogP contribution is -2.34. The summed E-state index contributed by atoms with van der Waals surface area (Å²) in [6.45, 7) is 0.185. The van der Waals surface area contributed by atoms with Crippen molar-refractivity contribution in [2.24, 2.45) is 0 Å². The fourth-order valence-electron chi connectivity index (χ4n) is 2.47. The van der Waals surface area contributed by atoms with Gasteiger partial charge in [0.05, 0.1) is 12.0 Å². The first-order valence-electron chi connectivity index (χ1n) is 6.88. The van der Waals surface area contributed by atoms with Gasteiger partial charge in [0.2, 0.25) is 11.7 Å². The largest absolute Gasteiger partial charge is 0.475 e. The zero-order chi connectivity index (χ0) is 15.7. The van der Waals surface area contributed by atoms with Crippen molar-refractivity contribution in [3.63, 3.8) is 0 Å². The van der Waals surface area contributed by atoms with Crippen LogP contribution in [0.4, 0.5) is 0 Å². The summed E-state index contributed by atoms with van der Waals surface area (Å²) >= 11 is 3.38. The van der Waals surface area contributed by atoms with Crippen molar-refractivity contribution in [1.29, 1.82) is 0 Å². The molecule has 22 heavy (non-hydrogen) atoms. The number of furan rings is 1. The SMILES string of the molecule is O=C(O)c1ccc(CNC(=O)C2(c3ccc(Br)cc3)CC2)o1. The Bertz CT molecular complexity index is 716. The number of aromatic carboxylic acids is 1. The molecule has 1 aromatic heterocycles. The molecule has 0 aliphatic heterocycles. The summed E-state index contributed by atoms with van der Waals surface area (Å²) in [5, 5.41) is 11.6. The van der Waals surface area contributed by atoms with E-state index in [1.54, 1.807) is 6.07 Å². The summed E-state index contributed by atoms with van der Waals surface area (Å²) in [5.41, 5.74) is 0.544. The van der Waals surface area contributed by atoms with Crippen molar-refractivity contribution in [2.75, 3.05) is 0 Å². The van der Waals surface area contributed by atoms with E-state index in [2.05, 4.69) is 21.2 Å². The first kappa shape index (κ1) is 14.8. The van der Waals surface area contributed by atoms with E-state index in [9.17, 15) is 9.59 Å². The van der Waals surface area contributed by atoms with Gasteiger partial charge in [-0.25, -0.2) is 4.79 Å². The lowest BCUT2D eigenvalue weighted by atomic mass is 9.95. The molecular weight excluding hydrogens is 350 g/mol. The van der Waals surface area contributed by atoms with Crippen LogP contribution in [0.3, 0.4) is 0 Å². The summed E-state index contributed by atoms with van der Waals surface area (Å²) < 4.78 is 6.11. The van der Waals surface area contributed by atoms with Gasteiger partial charge in [-0.05, 0) is 42.7 Å². The van der Waals surface area contributed by atoms with Gasteiger partial charge in [0.25, 0.3) is 0 Å². The van der Waals surface area contributed by atoms with Gasteiger partial charge in [0.15, 0.2) is 0 Å². The van der Waals surface area contributed by atoms with Gasteiger partial charge in [-0.1, -0.05) is 28.1 Å². The Balaban J connectivity index is 1.66. The third-order valence-electron chi connectivity index (χ3n) is 3.88. The van der Waals surface area contributed by atoms with Crippen molar-refractivity contribution >= 4 is 27.8 Å². The summed E-state index contributed by atoms with van der Waals surface area (Å²) in [5.74, 6) is -0.871. The number of rotatable bonds is 5. The second-order valence-electron chi connectivity index (χ2n) is 5.34. The summed E-state index contributed by atoms with van der Waals surface area (Å²) in [6, 6.07) is 10.7. The van der Waals surface area contributed by atoms with Gasteiger partial charge in [-0.2, -0.15) is 0 Å². The molecule has 6 heteroatoms. The van der Waals surface area contributed by atoms with E-state index in [1.807, 2.05) is 24.3 Å². The van der Waals surface area contributed by atoms with E-state index in [0.717, 1.165) is 22.9 Å². The Labute approximate surface area is 135 Å². The topological polar surface area (TPSA) is 79.5 Å². The standard InChI is InChI=1S/C16H14BrNO4/c17-11-3-1-10(2-4-11)16(7-8-16)15(21)18-9-12-5-6-13(22-12)14(19)20/h1-6H,7-9H2,(H,18,21)(H,19,20). The van der Waals surface area contributed by atoms with Gasteiger partial charge >= 0.3 is 5.97 Å². The highest BCUT2D eigenvalue weighted by Gasteiger charge is 2.51. The average molecular weight is 364 g/mol. The molecule has 1 fully saturated rings. The van der Waals surface area contributed by atoms with E-state index in [0.29, 0.717) is 5.76 Å². The van der Waals surface area contributed by atoms with Crippen molar-refractivity contribution in [2.45, 2.75) is 24.8 Å². The van der Waals surface area contributed by atoms with Gasteiger partial charge < -0.3 is 14.8 Å². The monoisotopic (exact) mass is 363 g/mol. The first-order chi connectivity index (χ1) is 10.5. The Kier molecular flexibility index (Phi) is 3.78. The zero-order valence-electron chi connectivity index (χ0n) is 11.6. The van der Waals surface area contributed by atoms with Crippen LogP contribution in [0.1, 0.15) is 34.7 Å². The Morgan fingerprint density at radius 2 is 1.86 bits per heavy atom. The van der Waals surface area contributed by atoms with Crippen LogP contribution in [0.15, 0.2) is 45.3 Å². The van der Waals surface area contributed by atoms with E-state index in [-0.39, 0.29) is 18.2 Å². The van der Waals surface area contributed by atoms with Crippen LogP contribution in [-0.2, 0) is 16.8 Å². The molecule has 0 radical (unpaired) electrons. The number of halogens is 1. The Morgan fingerprint density at radius 3 is 2.41 bits per heavy atom. The fourth-order valence-corrected chi connectivity index (χ4v) is 2.73. The highest BCUT2D eigenvalue weighted by Crippen LogP contribution is 2.48. The van der Waals surface area contributed by atoms with Crippen molar-refractivity contribution in [3.05, 3.63) is 58.0 Å². The van der Waals surface area contributed by atoms with Gasteiger partial charge in [0, 0.05) is 4.47 Å². The maximum absolute atomic E-state index is 12.4. The van der Waals surface area contributed by atoms with Gasteiger partial charge in [-0.3, -0.25) is 4.79 Å². The Morgan fingerprint density at radius 1 is 1.18 bits per heavy atom. The number of amides is 1. The number of hydrogen-bond acceptors (Lipinski definition) is 3. The average Bonchev–Trinajstić information content (AvgIpc) is 3.17. The second-order valence-corrected chi connectivity index (χ2v) is 6.26. The van der Waals surface area contributed by atoms with Crippen LogP contribution in [0, 0.1) is 0 Å². The van der Waals surface area contributed by atoms with E-state index in [1.165, 1.54) is 6.07 Å². The molecular formula is C16H14BrNO4. The van der Waals surface area contributed by atoms with Crippen molar-refractivity contribution < 1.29 is 19.1 Å². The van der Waals surface area contributed by atoms with Gasteiger partial charge in [0.1, 0.15) is 5.76 Å². The summed E-state index contributed by atoms with van der Waals surface area (Å²) in [7, 11) is 0. The van der Waals surface area contributed by atoms with Crippen LogP contribution >= 0.6 is 15.9 Å².